The van der Waals surface area contributed by atoms with Gasteiger partial charge in [-0.2, -0.15) is 0 Å². The molecule has 154 valence electrons. The molecule has 1 atom stereocenters. The summed E-state index contributed by atoms with van der Waals surface area (Å²) in [6.07, 6.45) is 0. The second-order valence-electron chi connectivity index (χ2n) is 6.74. The summed E-state index contributed by atoms with van der Waals surface area (Å²) in [5.74, 6) is -2.11. The van der Waals surface area contributed by atoms with E-state index in [1.165, 1.54) is 18.2 Å². The van der Waals surface area contributed by atoms with Gasteiger partial charge in [0.15, 0.2) is 0 Å². The van der Waals surface area contributed by atoms with E-state index in [4.69, 9.17) is 9.47 Å². The zero-order valence-electron chi connectivity index (χ0n) is 16.9. The fourth-order valence-corrected chi connectivity index (χ4v) is 3.16. The van der Waals surface area contributed by atoms with Crippen LogP contribution in [0.3, 0.4) is 0 Å². The number of dihydropyridines is 1. The number of carbonyl (C=O) groups is 2. The van der Waals surface area contributed by atoms with Crippen molar-refractivity contribution < 1.29 is 24.0 Å². The summed E-state index contributed by atoms with van der Waals surface area (Å²) in [4.78, 5) is 36.3. The SMILES string of the molecule is C=C(C)COC(=O)C1=C(C)NC(C)=C(C(=O)OCC)C1c1cccc([N+](=O)[O-])c1. The number of nitrogens with one attached hydrogen (secondary N) is 1. The number of ether oxygens (including phenoxy) is 2. The maximum absolute atomic E-state index is 12.9. The Kier molecular flexibility index (Phi) is 6.93. The molecule has 0 bridgehead atoms. The Morgan fingerprint density at radius 1 is 1.17 bits per heavy atom. The van der Waals surface area contributed by atoms with E-state index in [1.54, 1.807) is 33.8 Å². The van der Waals surface area contributed by atoms with E-state index < -0.39 is 22.8 Å². The average Bonchev–Trinajstić information content (AvgIpc) is 2.65. The first-order valence-electron chi connectivity index (χ1n) is 9.08. The molecule has 2 rings (SSSR count). The first kappa shape index (κ1) is 21.9. The number of allylic oxidation sites excluding steroid dienone is 2. The summed E-state index contributed by atoms with van der Waals surface area (Å²) >= 11 is 0. The topological polar surface area (TPSA) is 108 Å². The zero-order valence-corrected chi connectivity index (χ0v) is 16.9. The molecular weight excluding hydrogens is 376 g/mol. The molecule has 29 heavy (non-hydrogen) atoms. The lowest BCUT2D eigenvalue weighted by Gasteiger charge is -2.30. The Labute approximate surface area is 169 Å². The standard InChI is InChI=1S/C21H24N2O6/c1-6-28-20(24)17-13(4)22-14(5)18(21(25)29-11-12(2)3)19(17)15-8-7-9-16(10-15)23(26)27/h7-10,19,22H,2,6,11H2,1,3-5H3. The van der Waals surface area contributed by atoms with E-state index in [9.17, 15) is 19.7 Å². The molecule has 0 aromatic heterocycles. The van der Waals surface area contributed by atoms with Crippen LogP contribution in [0.5, 0.6) is 0 Å². The highest BCUT2D eigenvalue weighted by Gasteiger charge is 2.38. The maximum atomic E-state index is 12.9. The Morgan fingerprint density at radius 2 is 1.76 bits per heavy atom. The van der Waals surface area contributed by atoms with E-state index in [1.807, 2.05) is 0 Å². The van der Waals surface area contributed by atoms with Gasteiger partial charge in [-0.25, -0.2) is 9.59 Å². The van der Waals surface area contributed by atoms with Crippen molar-refractivity contribution in [2.75, 3.05) is 13.2 Å². The quantitative estimate of drug-likeness (QED) is 0.323. The molecular formula is C21H24N2O6. The number of nitro groups is 1. The lowest BCUT2D eigenvalue weighted by atomic mass is 9.80. The third kappa shape index (κ3) is 4.90. The predicted molar refractivity (Wildman–Crippen MR) is 107 cm³/mol. The number of non-ortho nitro benzene ring substituents is 1. The number of hydrogen-bond acceptors (Lipinski definition) is 7. The van der Waals surface area contributed by atoms with Gasteiger partial charge in [0.05, 0.1) is 28.6 Å². The van der Waals surface area contributed by atoms with Crippen molar-refractivity contribution in [3.05, 3.63) is 74.6 Å². The maximum Gasteiger partial charge on any atom is 0.337 e. The van der Waals surface area contributed by atoms with Gasteiger partial charge < -0.3 is 14.8 Å². The molecule has 1 heterocycles. The molecule has 1 N–H and O–H groups in total. The van der Waals surface area contributed by atoms with E-state index in [0.29, 0.717) is 22.5 Å². The van der Waals surface area contributed by atoms with Crippen LogP contribution in [0.4, 0.5) is 5.69 Å². The number of nitrogens with zero attached hydrogens (tertiary/aromatic N) is 1. The third-order valence-corrected chi connectivity index (χ3v) is 4.34. The van der Waals surface area contributed by atoms with Crippen LogP contribution in [0.1, 0.15) is 39.2 Å². The summed E-state index contributed by atoms with van der Waals surface area (Å²) in [7, 11) is 0. The molecule has 0 fully saturated rings. The molecule has 1 aromatic carbocycles. The fourth-order valence-electron chi connectivity index (χ4n) is 3.16. The molecule has 0 amide bonds. The number of carbonyl (C=O) groups excluding carboxylic acids is 2. The van der Waals surface area contributed by atoms with Crippen LogP contribution in [0, 0.1) is 10.1 Å². The Balaban J connectivity index is 2.64. The van der Waals surface area contributed by atoms with Gasteiger partial charge in [-0.15, -0.1) is 0 Å². The smallest absolute Gasteiger partial charge is 0.337 e. The molecule has 1 aliphatic rings. The summed E-state index contributed by atoms with van der Waals surface area (Å²) < 4.78 is 10.5. The lowest BCUT2D eigenvalue weighted by molar-refractivity contribution is -0.384. The summed E-state index contributed by atoms with van der Waals surface area (Å²) in [5.41, 5.74) is 2.34. The molecule has 0 saturated carbocycles. The van der Waals surface area contributed by atoms with Crippen LogP contribution < -0.4 is 5.32 Å². The third-order valence-electron chi connectivity index (χ3n) is 4.34. The van der Waals surface area contributed by atoms with Crippen molar-refractivity contribution in [2.45, 2.75) is 33.6 Å². The lowest BCUT2D eigenvalue weighted by Crippen LogP contribution is -2.32. The van der Waals surface area contributed by atoms with Gasteiger partial charge in [0.2, 0.25) is 0 Å². The van der Waals surface area contributed by atoms with Gasteiger partial charge >= 0.3 is 11.9 Å². The summed E-state index contributed by atoms with van der Waals surface area (Å²) in [6.45, 7) is 10.7. The van der Waals surface area contributed by atoms with Gasteiger partial charge in [-0.3, -0.25) is 10.1 Å². The van der Waals surface area contributed by atoms with Gasteiger partial charge in [0.1, 0.15) is 6.61 Å². The largest absolute Gasteiger partial charge is 0.463 e. The number of rotatable bonds is 7. The first-order valence-corrected chi connectivity index (χ1v) is 9.08. The fraction of sp³-hybridized carbons (Fsp3) is 0.333. The minimum Gasteiger partial charge on any atom is -0.463 e. The number of benzene rings is 1. The van der Waals surface area contributed by atoms with E-state index >= 15 is 0 Å². The van der Waals surface area contributed by atoms with Crippen molar-refractivity contribution in [3.63, 3.8) is 0 Å². The highest BCUT2D eigenvalue weighted by molar-refractivity contribution is 6.00. The molecule has 8 nitrogen and oxygen atoms in total. The van der Waals surface area contributed by atoms with Crippen molar-refractivity contribution >= 4 is 17.6 Å². The Morgan fingerprint density at radius 3 is 2.28 bits per heavy atom. The molecule has 0 radical (unpaired) electrons. The second kappa shape index (κ2) is 9.18. The summed E-state index contributed by atoms with van der Waals surface area (Å²) in [6, 6.07) is 5.84. The number of esters is 2. The highest BCUT2D eigenvalue weighted by Crippen LogP contribution is 2.40. The molecule has 0 aliphatic carbocycles. The van der Waals surface area contributed by atoms with Gasteiger partial charge in [0, 0.05) is 23.5 Å². The van der Waals surface area contributed by atoms with Gasteiger partial charge in [0.25, 0.3) is 5.69 Å². The van der Waals surface area contributed by atoms with Crippen LogP contribution in [0.15, 0.2) is 59.0 Å². The van der Waals surface area contributed by atoms with Crippen LogP contribution in [-0.4, -0.2) is 30.1 Å². The van der Waals surface area contributed by atoms with Crippen LogP contribution >= 0.6 is 0 Å². The second-order valence-corrected chi connectivity index (χ2v) is 6.74. The van der Waals surface area contributed by atoms with Crippen molar-refractivity contribution in [1.82, 2.24) is 5.32 Å². The minimum absolute atomic E-state index is 0.0225. The van der Waals surface area contributed by atoms with Crippen molar-refractivity contribution in [2.24, 2.45) is 0 Å². The highest BCUT2D eigenvalue weighted by atomic mass is 16.6. The van der Waals surface area contributed by atoms with Gasteiger partial charge in [-0.1, -0.05) is 18.7 Å². The van der Waals surface area contributed by atoms with Crippen LogP contribution in [0.25, 0.3) is 0 Å². The molecule has 1 aliphatic heterocycles. The van der Waals surface area contributed by atoms with Gasteiger partial charge in [-0.05, 0) is 38.8 Å². The summed E-state index contributed by atoms with van der Waals surface area (Å²) in [5, 5.41) is 14.3. The molecule has 8 heteroatoms. The normalized spacial score (nSPS) is 16.2. The zero-order chi connectivity index (χ0) is 21.7. The first-order chi connectivity index (χ1) is 13.7. The molecule has 0 spiro atoms. The number of hydrogen-bond donors (Lipinski definition) is 1. The van der Waals surface area contributed by atoms with Crippen LogP contribution in [0.2, 0.25) is 0 Å². The Bertz CT molecular complexity index is 929. The Hall–Kier alpha value is -3.42. The predicted octanol–water partition coefficient (Wildman–Crippen LogP) is 3.51. The minimum atomic E-state index is -0.868. The molecule has 1 unspecified atom stereocenters. The van der Waals surface area contributed by atoms with Crippen molar-refractivity contribution in [3.8, 4) is 0 Å². The number of nitro benzene ring substituents is 1. The average molecular weight is 400 g/mol. The molecule has 0 saturated heterocycles. The van der Waals surface area contributed by atoms with E-state index in [-0.39, 0.29) is 30.0 Å². The van der Waals surface area contributed by atoms with E-state index in [0.717, 1.165) is 0 Å². The van der Waals surface area contributed by atoms with E-state index in [2.05, 4.69) is 11.9 Å². The monoisotopic (exact) mass is 400 g/mol. The van der Waals surface area contributed by atoms with Crippen LogP contribution in [-0.2, 0) is 19.1 Å². The molecule has 1 aromatic rings. The van der Waals surface area contributed by atoms with Crippen molar-refractivity contribution in [1.29, 1.82) is 0 Å².